The number of amides is 2. The Morgan fingerprint density at radius 3 is 2.57 bits per heavy atom. The molecular formula is C20H26FN5O3S. The number of hydrogen-bond acceptors (Lipinski definition) is 7. The van der Waals surface area contributed by atoms with Crippen molar-refractivity contribution >= 4 is 23.8 Å². The smallest absolute Gasteiger partial charge is 0.413 e. The van der Waals surface area contributed by atoms with Crippen molar-refractivity contribution in [1.82, 2.24) is 25.0 Å². The summed E-state index contributed by atoms with van der Waals surface area (Å²) in [6, 6.07) is 6.10. The van der Waals surface area contributed by atoms with Crippen LogP contribution in [0.5, 0.6) is 0 Å². The number of alkyl carbamates (subject to hydrolysis) is 1. The predicted molar refractivity (Wildman–Crippen MR) is 111 cm³/mol. The van der Waals surface area contributed by atoms with Gasteiger partial charge in [0.2, 0.25) is 5.91 Å². The van der Waals surface area contributed by atoms with Crippen molar-refractivity contribution in [1.29, 1.82) is 0 Å². The Morgan fingerprint density at radius 2 is 1.90 bits per heavy atom. The van der Waals surface area contributed by atoms with Gasteiger partial charge in [0.15, 0.2) is 11.0 Å². The number of ether oxygens (including phenoxy) is 1. The molecule has 1 aromatic heterocycles. The summed E-state index contributed by atoms with van der Waals surface area (Å²) in [5.41, 5.74) is 0.716. The van der Waals surface area contributed by atoms with Gasteiger partial charge in [-0.25, -0.2) is 9.18 Å². The molecular weight excluding hydrogens is 409 g/mol. The summed E-state index contributed by atoms with van der Waals surface area (Å²) in [6.07, 6.45) is 2.74. The first-order valence-corrected chi connectivity index (χ1v) is 11.0. The Morgan fingerprint density at radius 1 is 1.20 bits per heavy atom. The van der Waals surface area contributed by atoms with Crippen LogP contribution in [0.3, 0.4) is 0 Å². The number of hydrogen-bond donors (Lipinski definition) is 1. The Balaban J connectivity index is 1.82. The van der Waals surface area contributed by atoms with E-state index < -0.39 is 12.0 Å². The third-order valence-corrected chi connectivity index (χ3v) is 5.83. The first-order chi connectivity index (χ1) is 14.5. The molecule has 1 atom stereocenters. The summed E-state index contributed by atoms with van der Waals surface area (Å²) in [6.45, 7) is 5.90. The van der Waals surface area contributed by atoms with Crippen LogP contribution in [0.15, 0.2) is 29.4 Å². The number of nitrogens with one attached hydrogen (secondary N) is 1. The molecule has 1 aliphatic rings. The van der Waals surface area contributed by atoms with Gasteiger partial charge >= 0.3 is 6.09 Å². The van der Waals surface area contributed by atoms with Gasteiger partial charge in [-0.05, 0) is 64.0 Å². The van der Waals surface area contributed by atoms with Gasteiger partial charge in [0.25, 0.3) is 0 Å². The zero-order valence-electron chi connectivity index (χ0n) is 17.1. The highest BCUT2D eigenvalue weighted by Crippen LogP contribution is 2.29. The van der Waals surface area contributed by atoms with Crippen LogP contribution in [0.2, 0.25) is 0 Å². The minimum atomic E-state index is -0.775. The number of benzene rings is 1. The lowest BCUT2D eigenvalue weighted by Gasteiger charge is -2.31. The topological polar surface area (TPSA) is 89.3 Å². The van der Waals surface area contributed by atoms with E-state index in [4.69, 9.17) is 4.74 Å². The number of thioether (sulfide) groups is 1. The summed E-state index contributed by atoms with van der Waals surface area (Å²) in [5, 5.41) is 11.3. The molecule has 0 radical (unpaired) electrons. The van der Waals surface area contributed by atoms with Gasteiger partial charge in [0, 0.05) is 5.69 Å². The van der Waals surface area contributed by atoms with Crippen LogP contribution in [-0.2, 0) is 9.53 Å². The number of piperidine rings is 1. The molecule has 2 aromatic rings. The molecule has 3 rings (SSSR count). The monoisotopic (exact) mass is 435 g/mol. The van der Waals surface area contributed by atoms with E-state index in [-0.39, 0.29) is 24.2 Å². The average molecular weight is 436 g/mol. The van der Waals surface area contributed by atoms with E-state index in [0.29, 0.717) is 10.8 Å². The first-order valence-electron chi connectivity index (χ1n) is 10.0. The number of halogens is 1. The number of rotatable bonds is 7. The third-order valence-electron chi connectivity index (χ3n) is 4.90. The second-order valence-electron chi connectivity index (χ2n) is 6.98. The van der Waals surface area contributed by atoms with Crippen LogP contribution >= 0.6 is 11.8 Å². The highest BCUT2D eigenvalue weighted by atomic mass is 32.2. The molecule has 1 aliphatic heterocycles. The Labute approximate surface area is 179 Å². The van der Waals surface area contributed by atoms with Crippen LogP contribution in [-0.4, -0.2) is 57.1 Å². The van der Waals surface area contributed by atoms with E-state index in [2.05, 4.69) is 27.3 Å². The van der Waals surface area contributed by atoms with Gasteiger partial charge in [0.1, 0.15) is 5.82 Å². The zero-order valence-corrected chi connectivity index (χ0v) is 18.0. The molecule has 1 N–H and O–H groups in total. The minimum Gasteiger partial charge on any atom is -0.450 e. The minimum absolute atomic E-state index is 0.0190. The predicted octanol–water partition coefficient (Wildman–Crippen LogP) is 3.32. The van der Waals surface area contributed by atoms with E-state index in [9.17, 15) is 14.0 Å². The van der Waals surface area contributed by atoms with Gasteiger partial charge in [0.05, 0.1) is 18.4 Å². The number of aromatic nitrogens is 3. The van der Waals surface area contributed by atoms with E-state index in [1.165, 1.54) is 18.6 Å². The summed E-state index contributed by atoms with van der Waals surface area (Å²) in [7, 11) is 0. The maximum Gasteiger partial charge on any atom is 0.413 e. The van der Waals surface area contributed by atoms with Crippen LogP contribution in [0.25, 0.3) is 5.69 Å². The molecule has 2 heterocycles. The fourth-order valence-electron chi connectivity index (χ4n) is 3.39. The van der Waals surface area contributed by atoms with Crippen molar-refractivity contribution in [3.05, 3.63) is 35.9 Å². The van der Waals surface area contributed by atoms with Crippen LogP contribution < -0.4 is 5.32 Å². The van der Waals surface area contributed by atoms with Crippen molar-refractivity contribution in [2.45, 2.75) is 44.3 Å². The van der Waals surface area contributed by atoms with Crippen LogP contribution in [0.1, 0.15) is 45.0 Å². The van der Waals surface area contributed by atoms with Gasteiger partial charge < -0.3 is 4.74 Å². The van der Waals surface area contributed by atoms with Crippen molar-refractivity contribution in [3.8, 4) is 5.69 Å². The lowest BCUT2D eigenvalue weighted by molar-refractivity contribution is -0.117. The summed E-state index contributed by atoms with van der Waals surface area (Å²) in [4.78, 5) is 25.8. The molecule has 1 unspecified atom stereocenters. The molecule has 10 heteroatoms. The molecule has 8 nitrogen and oxygen atoms in total. The molecule has 0 saturated carbocycles. The fraction of sp³-hybridized carbons (Fsp3) is 0.500. The molecule has 1 aromatic carbocycles. The Bertz CT molecular complexity index is 868. The maximum absolute atomic E-state index is 13.5. The SMILES string of the molecule is CCOC(=O)NC(=O)CSc1nnc(C(C)N2CCCCC2)n1-c1ccc(F)cc1. The van der Waals surface area contributed by atoms with Crippen molar-refractivity contribution < 1.29 is 18.7 Å². The van der Waals surface area contributed by atoms with E-state index in [0.717, 1.165) is 43.5 Å². The highest BCUT2D eigenvalue weighted by Gasteiger charge is 2.26. The number of carbonyl (C=O) groups excluding carboxylic acids is 2. The van der Waals surface area contributed by atoms with Gasteiger partial charge in [-0.1, -0.05) is 18.2 Å². The average Bonchev–Trinajstić information content (AvgIpc) is 3.17. The van der Waals surface area contributed by atoms with Gasteiger partial charge in [-0.2, -0.15) is 0 Å². The van der Waals surface area contributed by atoms with Gasteiger partial charge in [-0.15, -0.1) is 10.2 Å². The van der Waals surface area contributed by atoms with E-state index in [1.54, 1.807) is 19.1 Å². The normalized spacial score (nSPS) is 15.6. The molecule has 30 heavy (non-hydrogen) atoms. The van der Waals surface area contributed by atoms with E-state index >= 15 is 0 Å². The third kappa shape index (κ3) is 5.57. The number of imide groups is 1. The second kappa shape index (κ2) is 10.5. The largest absolute Gasteiger partial charge is 0.450 e. The van der Waals surface area contributed by atoms with Crippen LogP contribution in [0, 0.1) is 5.82 Å². The fourth-order valence-corrected chi connectivity index (χ4v) is 4.15. The standard InChI is InChI=1S/C20H26FN5O3S/c1-3-29-20(28)22-17(27)13-30-19-24-23-18(14(2)25-11-5-4-6-12-25)26(19)16-9-7-15(21)8-10-16/h7-10,14H,3-6,11-13H2,1-2H3,(H,22,27,28). The Hall–Kier alpha value is -2.46. The molecule has 1 fully saturated rings. The quantitative estimate of drug-likeness (QED) is 0.667. The zero-order chi connectivity index (χ0) is 21.5. The van der Waals surface area contributed by atoms with Crippen molar-refractivity contribution in [2.75, 3.05) is 25.4 Å². The van der Waals surface area contributed by atoms with Crippen molar-refractivity contribution in [3.63, 3.8) is 0 Å². The molecule has 0 spiro atoms. The molecule has 2 amide bonds. The molecule has 162 valence electrons. The first kappa shape index (κ1) is 22.2. The summed E-state index contributed by atoms with van der Waals surface area (Å²) >= 11 is 1.16. The summed E-state index contributed by atoms with van der Waals surface area (Å²) < 4.78 is 20.0. The second-order valence-corrected chi connectivity index (χ2v) is 7.93. The highest BCUT2D eigenvalue weighted by molar-refractivity contribution is 7.99. The molecule has 0 bridgehead atoms. The molecule has 1 saturated heterocycles. The number of carbonyl (C=O) groups is 2. The number of likely N-dealkylation sites (tertiary alicyclic amines) is 1. The Kier molecular flexibility index (Phi) is 7.81. The lowest BCUT2D eigenvalue weighted by Crippen LogP contribution is -2.33. The van der Waals surface area contributed by atoms with Gasteiger partial charge in [-0.3, -0.25) is 19.6 Å². The van der Waals surface area contributed by atoms with Crippen LogP contribution in [0.4, 0.5) is 9.18 Å². The van der Waals surface area contributed by atoms with E-state index in [1.807, 2.05) is 4.57 Å². The maximum atomic E-state index is 13.5. The number of nitrogens with zero attached hydrogens (tertiary/aromatic N) is 4. The summed E-state index contributed by atoms with van der Waals surface area (Å²) in [5.74, 6) is -0.119. The van der Waals surface area contributed by atoms with Crippen molar-refractivity contribution in [2.24, 2.45) is 0 Å². The molecule has 0 aliphatic carbocycles. The lowest BCUT2D eigenvalue weighted by atomic mass is 10.1.